The largest absolute Gasteiger partial charge is 0.507 e. The Kier molecular flexibility index (Phi) is 4.67. The lowest BCUT2D eigenvalue weighted by atomic mass is 9.96. The number of aliphatic hydroxyl groups is 1. The summed E-state index contributed by atoms with van der Waals surface area (Å²) >= 11 is 0. The van der Waals surface area contributed by atoms with Crippen molar-refractivity contribution in [3.8, 4) is 5.75 Å². The van der Waals surface area contributed by atoms with Gasteiger partial charge in [-0.1, -0.05) is 12.1 Å². The maximum atomic E-state index is 13.1. The van der Waals surface area contributed by atoms with Crippen molar-refractivity contribution < 1.29 is 19.4 Å². The summed E-state index contributed by atoms with van der Waals surface area (Å²) in [6.07, 6.45) is 3.14. The third-order valence-corrected chi connectivity index (χ3v) is 5.43. The van der Waals surface area contributed by atoms with E-state index in [0.717, 1.165) is 5.52 Å². The van der Waals surface area contributed by atoms with Gasteiger partial charge < -0.3 is 14.8 Å². The highest BCUT2D eigenvalue weighted by molar-refractivity contribution is 6.51. The predicted molar refractivity (Wildman–Crippen MR) is 118 cm³/mol. The van der Waals surface area contributed by atoms with Crippen molar-refractivity contribution in [3.05, 3.63) is 89.8 Å². The molecule has 0 spiro atoms. The molecule has 8 heteroatoms. The van der Waals surface area contributed by atoms with Crippen LogP contribution in [0.1, 0.15) is 17.2 Å². The average Bonchev–Trinajstić information content (AvgIpc) is 3.38. The first-order chi connectivity index (χ1) is 15.6. The van der Waals surface area contributed by atoms with Crippen LogP contribution in [0.15, 0.2) is 78.6 Å². The predicted octanol–water partition coefficient (Wildman–Crippen LogP) is 3.59. The molecule has 0 radical (unpaired) electrons. The molecule has 4 aromatic rings. The van der Waals surface area contributed by atoms with Crippen LogP contribution in [-0.4, -0.2) is 38.9 Å². The second-order valence-corrected chi connectivity index (χ2v) is 7.26. The third kappa shape index (κ3) is 3.09. The molecule has 8 nitrogen and oxygen atoms in total. The minimum absolute atomic E-state index is 0.0215. The Bertz CT molecular complexity index is 1330. The number of carbonyl (C=O) groups is 2. The van der Waals surface area contributed by atoms with E-state index in [4.69, 9.17) is 4.74 Å². The van der Waals surface area contributed by atoms with Crippen molar-refractivity contribution in [3.63, 3.8) is 0 Å². The number of anilines is 1. The van der Waals surface area contributed by atoms with E-state index in [9.17, 15) is 14.7 Å². The molecular formula is C24H18N4O4. The summed E-state index contributed by atoms with van der Waals surface area (Å²) in [6, 6.07) is 16.5. The molecule has 1 unspecified atom stereocenters. The zero-order valence-electron chi connectivity index (χ0n) is 17.0. The number of carbonyl (C=O) groups excluding carboxylic acids is 2. The Hall–Kier alpha value is -4.46. The number of H-pyrrole nitrogens is 1. The van der Waals surface area contributed by atoms with Crippen LogP contribution in [-0.2, 0) is 9.59 Å². The normalized spacial score (nSPS) is 17.8. The number of pyridine rings is 1. The molecule has 3 heterocycles. The number of nitrogens with zero attached hydrogens (tertiary/aromatic N) is 3. The number of aromatic amines is 1. The van der Waals surface area contributed by atoms with Gasteiger partial charge in [-0.3, -0.25) is 19.5 Å². The van der Waals surface area contributed by atoms with Gasteiger partial charge in [0.15, 0.2) is 0 Å². The van der Waals surface area contributed by atoms with E-state index in [2.05, 4.69) is 15.0 Å². The lowest BCUT2D eigenvalue weighted by Gasteiger charge is -2.22. The lowest BCUT2D eigenvalue weighted by molar-refractivity contribution is -0.132. The first-order valence-electron chi connectivity index (χ1n) is 9.88. The van der Waals surface area contributed by atoms with Gasteiger partial charge in [0, 0.05) is 18.0 Å². The second-order valence-electron chi connectivity index (χ2n) is 7.26. The molecule has 1 amide bonds. The molecule has 5 rings (SSSR count). The summed E-state index contributed by atoms with van der Waals surface area (Å²) in [6.45, 7) is 0. The van der Waals surface area contributed by atoms with Crippen molar-refractivity contribution in [2.75, 3.05) is 12.0 Å². The molecule has 1 aliphatic rings. The van der Waals surface area contributed by atoms with Crippen molar-refractivity contribution in [2.45, 2.75) is 6.04 Å². The van der Waals surface area contributed by atoms with Gasteiger partial charge in [-0.25, -0.2) is 4.98 Å². The molecule has 158 valence electrons. The molecule has 2 aromatic carbocycles. The number of para-hydroxylation sites is 2. The van der Waals surface area contributed by atoms with Crippen LogP contribution in [0.25, 0.3) is 16.8 Å². The summed E-state index contributed by atoms with van der Waals surface area (Å²) in [5.74, 6) is -1.01. The molecule has 32 heavy (non-hydrogen) atoms. The summed E-state index contributed by atoms with van der Waals surface area (Å²) < 4.78 is 5.16. The number of rotatable bonds is 4. The minimum Gasteiger partial charge on any atom is -0.507 e. The van der Waals surface area contributed by atoms with Gasteiger partial charge in [-0.15, -0.1) is 0 Å². The highest BCUT2D eigenvalue weighted by Gasteiger charge is 2.48. The number of Topliss-reactive ketones (excluding diaryl/α,β-unsaturated/α-hetero) is 1. The summed E-state index contributed by atoms with van der Waals surface area (Å²) in [5.41, 5.74) is 2.38. The SMILES string of the molecule is COc1ccc(/C(O)=C2\C(=O)C(=O)N(c3nc4ccccc4[nH]3)C2c2ccncc2)cc1. The number of imidazole rings is 1. The van der Waals surface area contributed by atoms with E-state index in [1.54, 1.807) is 48.8 Å². The number of fused-ring (bicyclic) bond motifs is 1. The van der Waals surface area contributed by atoms with E-state index in [0.29, 0.717) is 22.4 Å². The molecular weight excluding hydrogens is 408 g/mol. The van der Waals surface area contributed by atoms with Gasteiger partial charge in [0.05, 0.1) is 29.8 Å². The number of aromatic nitrogens is 3. The third-order valence-electron chi connectivity index (χ3n) is 5.43. The Labute approximate surface area is 182 Å². The van der Waals surface area contributed by atoms with Crippen LogP contribution in [0.3, 0.4) is 0 Å². The average molecular weight is 426 g/mol. The first kappa shape index (κ1) is 19.5. The highest BCUT2D eigenvalue weighted by Crippen LogP contribution is 2.41. The molecule has 1 atom stereocenters. The molecule has 1 aliphatic heterocycles. The van der Waals surface area contributed by atoms with Gasteiger partial charge in [-0.05, 0) is 54.1 Å². The van der Waals surface area contributed by atoms with Gasteiger partial charge in [0.2, 0.25) is 5.95 Å². The zero-order chi connectivity index (χ0) is 22.2. The van der Waals surface area contributed by atoms with Crippen LogP contribution in [0.5, 0.6) is 5.75 Å². The molecule has 0 bridgehead atoms. The van der Waals surface area contributed by atoms with E-state index >= 15 is 0 Å². The topological polar surface area (TPSA) is 108 Å². The summed E-state index contributed by atoms with van der Waals surface area (Å²) in [5, 5.41) is 11.1. The standard InChI is InChI=1S/C24H18N4O4/c1-32-16-8-6-15(7-9-16)21(29)19-20(14-10-12-25-13-11-14)28(23(31)22(19)30)24-26-17-4-2-3-5-18(17)27-24/h2-13,20,29H,1H3,(H,26,27)/b21-19+. The van der Waals surface area contributed by atoms with Gasteiger partial charge >= 0.3 is 5.91 Å². The number of ether oxygens (including phenoxy) is 1. The van der Waals surface area contributed by atoms with E-state index in [1.165, 1.54) is 12.0 Å². The molecule has 0 aliphatic carbocycles. The molecule has 0 saturated carbocycles. The van der Waals surface area contributed by atoms with Gasteiger partial charge in [0.25, 0.3) is 5.78 Å². The van der Waals surface area contributed by atoms with E-state index < -0.39 is 17.7 Å². The second kappa shape index (κ2) is 7.66. The van der Waals surface area contributed by atoms with Gasteiger partial charge in [0.1, 0.15) is 11.5 Å². The quantitative estimate of drug-likeness (QED) is 0.293. The fraction of sp³-hybridized carbons (Fsp3) is 0.0833. The fourth-order valence-corrected chi connectivity index (χ4v) is 3.87. The minimum atomic E-state index is -0.874. The molecule has 1 saturated heterocycles. The van der Waals surface area contributed by atoms with Crippen molar-refractivity contribution in [1.82, 2.24) is 15.0 Å². The summed E-state index contributed by atoms with van der Waals surface area (Å²) in [7, 11) is 1.54. The monoisotopic (exact) mass is 426 g/mol. The molecule has 1 fully saturated rings. The smallest absolute Gasteiger partial charge is 0.302 e. The van der Waals surface area contributed by atoms with Crippen LogP contribution in [0, 0.1) is 0 Å². The number of nitrogens with one attached hydrogen (secondary N) is 1. The lowest BCUT2D eigenvalue weighted by Crippen LogP contribution is -2.30. The van der Waals surface area contributed by atoms with E-state index in [-0.39, 0.29) is 17.3 Å². The maximum absolute atomic E-state index is 13.1. The highest BCUT2D eigenvalue weighted by atomic mass is 16.5. The van der Waals surface area contributed by atoms with Crippen LogP contribution < -0.4 is 9.64 Å². The number of amides is 1. The number of aliphatic hydroxyl groups excluding tert-OH is 1. The Morgan fingerprint density at radius 2 is 1.75 bits per heavy atom. The number of hydrogen-bond acceptors (Lipinski definition) is 6. The van der Waals surface area contributed by atoms with Gasteiger partial charge in [-0.2, -0.15) is 0 Å². The van der Waals surface area contributed by atoms with Crippen LogP contribution in [0.4, 0.5) is 5.95 Å². The molecule has 2 aromatic heterocycles. The fourth-order valence-electron chi connectivity index (χ4n) is 3.87. The Morgan fingerprint density at radius 3 is 2.44 bits per heavy atom. The Morgan fingerprint density at radius 1 is 1.03 bits per heavy atom. The zero-order valence-corrected chi connectivity index (χ0v) is 17.0. The summed E-state index contributed by atoms with van der Waals surface area (Å²) in [4.78, 5) is 39.2. The first-order valence-corrected chi connectivity index (χ1v) is 9.88. The van der Waals surface area contributed by atoms with Crippen molar-refractivity contribution in [1.29, 1.82) is 0 Å². The van der Waals surface area contributed by atoms with E-state index in [1.807, 2.05) is 24.3 Å². The number of benzene rings is 2. The number of hydrogen-bond donors (Lipinski definition) is 2. The van der Waals surface area contributed by atoms with Crippen molar-refractivity contribution in [2.24, 2.45) is 0 Å². The maximum Gasteiger partial charge on any atom is 0.302 e. The number of ketones is 1. The van der Waals surface area contributed by atoms with Crippen LogP contribution >= 0.6 is 0 Å². The van der Waals surface area contributed by atoms with Crippen molar-refractivity contribution >= 4 is 34.4 Å². The van der Waals surface area contributed by atoms with Crippen LogP contribution in [0.2, 0.25) is 0 Å². The number of methoxy groups -OCH3 is 1. The Balaban J connectivity index is 1.70. The molecule has 2 N–H and O–H groups in total.